The van der Waals surface area contributed by atoms with Gasteiger partial charge in [0.05, 0.1) is 0 Å². The summed E-state index contributed by atoms with van der Waals surface area (Å²) in [6.07, 6.45) is 0. The molecule has 5 rings (SSSR count). The minimum atomic E-state index is 1.34. The van der Waals surface area contributed by atoms with E-state index in [4.69, 9.17) is 0 Å². The first-order valence-electron chi connectivity index (χ1n) is 6.62. The molecule has 0 saturated carbocycles. The van der Waals surface area contributed by atoms with Crippen molar-refractivity contribution in [3.8, 4) is 0 Å². The molecule has 0 bridgehead atoms. The molecule has 0 spiro atoms. The molecule has 0 radical (unpaired) electrons. The van der Waals surface area contributed by atoms with Crippen molar-refractivity contribution in [2.45, 2.75) is 0 Å². The first kappa shape index (κ1) is 10.8. The molecule has 0 saturated heterocycles. The van der Waals surface area contributed by atoms with E-state index in [1.54, 1.807) is 0 Å². The van der Waals surface area contributed by atoms with Crippen molar-refractivity contribution < 1.29 is 0 Å². The summed E-state index contributed by atoms with van der Waals surface area (Å²) in [6, 6.07) is 20.0. The van der Waals surface area contributed by atoms with E-state index in [2.05, 4.69) is 60.0 Å². The second-order valence-electron chi connectivity index (χ2n) is 5.03. The largest absolute Gasteiger partial charge is 0.144 e. The van der Waals surface area contributed by atoms with Crippen LogP contribution in [0.3, 0.4) is 0 Å². The standard InChI is InChI=1S/C18H10S2/c1-2-4-15-12(3-1)18-16(20-15)8-6-11-5-7-14-13(17(11)18)9-10-19-14/h1-10H. The molecular formula is C18H10S2. The quantitative estimate of drug-likeness (QED) is 0.308. The van der Waals surface area contributed by atoms with E-state index < -0.39 is 0 Å². The molecule has 0 amide bonds. The highest BCUT2D eigenvalue weighted by molar-refractivity contribution is 7.26. The van der Waals surface area contributed by atoms with Crippen LogP contribution in [-0.4, -0.2) is 0 Å². The SMILES string of the molecule is c1ccc2c(c1)sc1ccc3ccc4sccc4c3c12. The highest BCUT2D eigenvalue weighted by Crippen LogP contribution is 2.41. The smallest absolute Gasteiger partial charge is 0.0362 e. The summed E-state index contributed by atoms with van der Waals surface area (Å²) >= 11 is 3.71. The van der Waals surface area contributed by atoms with Crippen LogP contribution < -0.4 is 0 Å². The average molecular weight is 290 g/mol. The molecule has 0 aliphatic rings. The molecule has 0 nitrogen and oxygen atoms in total. The van der Waals surface area contributed by atoms with Gasteiger partial charge >= 0.3 is 0 Å². The van der Waals surface area contributed by atoms with Gasteiger partial charge in [-0.05, 0) is 40.4 Å². The number of benzene rings is 3. The summed E-state index contributed by atoms with van der Waals surface area (Å²) in [5, 5.41) is 9.15. The number of hydrogen-bond acceptors (Lipinski definition) is 2. The van der Waals surface area contributed by atoms with Gasteiger partial charge in [-0.15, -0.1) is 22.7 Å². The zero-order valence-electron chi connectivity index (χ0n) is 10.6. The predicted octanol–water partition coefficient (Wildman–Crippen LogP) is 6.42. The molecule has 3 aromatic carbocycles. The summed E-state index contributed by atoms with van der Waals surface area (Å²) in [5.74, 6) is 0. The second-order valence-corrected chi connectivity index (χ2v) is 7.06. The fourth-order valence-electron chi connectivity index (χ4n) is 3.08. The summed E-state index contributed by atoms with van der Waals surface area (Å²) in [5.41, 5.74) is 0. The number of thiophene rings is 2. The van der Waals surface area contributed by atoms with Crippen LogP contribution in [0.25, 0.3) is 41.0 Å². The summed E-state index contributed by atoms with van der Waals surface area (Å²) in [4.78, 5) is 0. The maximum absolute atomic E-state index is 2.26. The Morgan fingerprint density at radius 2 is 1.40 bits per heavy atom. The third-order valence-corrected chi connectivity index (χ3v) is 5.97. The Balaban J connectivity index is 2.21. The van der Waals surface area contributed by atoms with E-state index >= 15 is 0 Å². The van der Waals surface area contributed by atoms with E-state index in [1.807, 2.05) is 22.7 Å². The van der Waals surface area contributed by atoms with Gasteiger partial charge in [-0.1, -0.05) is 30.3 Å². The lowest BCUT2D eigenvalue weighted by Gasteiger charge is -2.02. The minimum absolute atomic E-state index is 1.34. The summed E-state index contributed by atoms with van der Waals surface area (Å²) in [7, 11) is 0. The topological polar surface area (TPSA) is 0 Å². The Kier molecular flexibility index (Phi) is 2.07. The molecule has 0 atom stereocenters. The van der Waals surface area contributed by atoms with Crippen molar-refractivity contribution in [1.82, 2.24) is 0 Å². The number of fused-ring (bicyclic) bond motifs is 7. The van der Waals surface area contributed by atoms with Crippen LogP contribution in [0.1, 0.15) is 0 Å². The van der Waals surface area contributed by atoms with E-state index in [1.165, 1.54) is 41.0 Å². The van der Waals surface area contributed by atoms with Crippen LogP contribution in [0.4, 0.5) is 0 Å². The molecule has 20 heavy (non-hydrogen) atoms. The van der Waals surface area contributed by atoms with Gasteiger partial charge in [-0.25, -0.2) is 0 Å². The second kappa shape index (κ2) is 3.81. The zero-order valence-corrected chi connectivity index (χ0v) is 12.2. The maximum Gasteiger partial charge on any atom is 0.0362 e. The van der Waals surface area contributed by atoms with Gasteiger partial charge in [-0.2, -0.15) is 0 Å². The molecule has 0 aliphatic carbocycles. The minimum Gasteiger partial charge on any atom is -0.144 e. The van der Waals surface area contributed by atoms with E-state index in [-0.39, 0.29) is 0 Å². The first-order valence-corrected chi connectivity index (χ1v) is 8.31. The lowest BCUT2D eigenvalue weighted by Crippen LogP contribution is -1.75. The zero-order chi connectivity index (χ0) is 13.1. The van der Waals surface area contributed by atoms with Crippen molar-refractivity contribution in [2.75, 3.05) is 0 Å². The normalized spacial score (nSPS) is 12.0. The number of hydrogen-bond donors (Lipinski definition) is 0. The van der Waals surface area contributed by atoms with Crippen molar-refractivity contribution in [1.29, 1.82) is 0 Å². The van der Waals surface area contributed by atoms with E-state index in [0.717, 1.165) is 0 Å². The van der Waals surface area contributed by atoms with Crippen LogP contribution in [0.2, 0.25) is 0 Å². The Bertz CT molecular complexity index is 1100. The highest BCUT2D eigenvalue weighted by atomic mass is 32.1. The first-order chi connectivity index (χ1) is 9.92. The van der Waals surface area contributed by atoms with E-state index in [9.17, 15) is 0 Å². The molecule has 0 N–H and O–H groups in total. The third kappa shape index (κ3) is 1.30. The van der Waals surface area contributed by atoms with Gasteiger partial charge in [0.25, 0.3) is 0 Å². The lowest BCUT2D eigenvalue weighted by molar-refractivity contribution is 1.87. The fraction of sp³-hybridized carbons (Fsp3) is 0. The third-order valence-electron chi connectivity index (χ3n) is 3.95. The monoisotopic (exact) mass is 290 g/mol. The van der Waals surface area contributed by atoms with E-state index in [0.29, 0.717) is 0 Å². The fourth-order valence-corrected chi connectivity index (χ4v) is 4.99. The average Bonchev–Trinajstić information content (AvgIpc) is 3.10. The maximum atomic E-state index is 2.26. The van der Waals surface area contributed by atoms with Crippen LogP contribution in [0.5, 0.6) is 0 Å². The Morgan fingerprint density at radius 1 is 0.600 bits per heavy atom. The van der Waals surface area contributed by atoms with Crippen molar-refractivity contribution in [2.24, 2.45) is 0 Å². The molecule has 2 heterocycles. The van der Waals surface area contributed by atoms with Gasteiger partial charge in [0, 0.05) is 30.3 Å². The summed E-state index contributed by atoms with van der Waals surface area (Å²) in [6.45, 7) is 0. The molecule has 94 valence electrons. The van der Waals surface area contributed by atoms with Gasteiger partial charge in [-0.3, -0.25) is 0 Å². The molecule has 0 fully saturated rings. The molecule has 0 aliphatic heterocycles. The molecule has 2 heteroatoms. The van der Waals surface area contributed by atoms with Crippen molar-refractivity contribution in [3.05, 3.63) is 60.0 Å². The molecule has 5 aromatic rings. The van der Waals surface area contributed by atoms with Crippen LogP contribution in [-0.2, 0) is 0 Å². The van der Waals surface area contributed by atoms with Crippen LogP contribution in [0, 0.1) is 0 Å². The predicted molar refractivity (Wildman–Crippen MR) is 92.2 cm³/mol. The van der Waals surface area contributed by atoms with Crippen LogP contribution in [0.15, 0.2) is 60.0 Å². The Labute approximate surface area is 123 Å². The molecule has 2 aromatic heterocycles. The number of rotatable bonds is 0. The van der Waals surface area contributed by atoms with Gasteiger partial charge in [0.1, 0.15) is 0 Å². The Hall–Kier alpha value is -1.90. The Morgan fingerprint density at radius 3 is 2.35 bits per heavy atom. The molecule has 0 unspecified atom stereocenters. The van der Waals surface area contributed by atoms with Gasteiger partial charge in [0.15, 0.2) is 0 Å². The van der Waals surface area contributed by atoms with Crippen LogP contribution >= 0.6 is 22.7 Å². The van der Waals surface area contributed by atoms with Gasteiger partial charge in [0.2, 0.25) is 0 Å². The lowest BCUT2D eigenvalue weighted by atomic mass is 10.0. The van der Waals surface area contributed by atoms with Gasteiger partial charge < -0.3 is 0 Å². The summed E-state index contributed by atoms with van der Waals surface area (Å²) < 4.78 is 4.14. The van der Waals surface area contributed by atoms with Crippen molar-refractivity contribution >= 4 is 63.7 Å². The van der Waals surface area contributed by atoms with Crippen molar-refractivity contribution in [3.63, 3.8) is 0 Å². The highest BCUT2D eigenvalue weighted by Gasteiger charge is 2.11. The molecular weight excluding hydrogens is 280 g/mol.